The molecule has 0 aliphatic carbocycles. The number of piperidine rings is 1. The predicted molar refractivity (Wildman–Crippen MR) is 120 cm³/mol. The predicted octanol–water partition coefficient (Wildman–Crippen LogP) is 2.59. The lowest BCUT2D eigenvalue weighted by molar-refractivity contribution is -0.132. The number of amides is 3. The number of nitrogens with one attached hydrogen (secondary N) is 2. The number of carbonyl (C=O) groups is 3. The van der Waals surface area contributed by atoms with E-state index in [-0.39, 0.29) is 30.7 Å². The largest absolute Gasteiger partial charge is 0.496 e. The maximum absolute atomic E-state index is 12.7. The molecule has 0 spiro atoms. The van der Waals surface area contributed by atoms with E-state index < -0.39 is 11.7 Å². The summed E-state index contributed by atoms with van der Waals surface area (Å²) in [7, 11) is 3.03. The zero-order chi connectivity index (χ0) is 23.7. The van der Waals surface area contributed by atoms with Crippen molar-refractivity contribution in [1.29, 1.82) is 0 Å². The fraction of sp³-hybridized carbons (Fsp3) is 0.609. The first-order valence-electron chi connectivity index (χ1n) is 10.9. The number of hydrogen-bond donors (Lipinski definition) is 2. The summed E-state index contributed by atoms with van der Waals surface area (Å²) in [5, 5.41) is 5.57. The maximum Gasteiger partial charge on any atom is 0.407 e. The van der Waals surface area contributed by atoms with Crippen molar-refractivity contribution < 1.29 is 28.6 Å². The molecule has 1 aromatic carbocycles. The van der Waals surface area contributed by atoms with E-state index in [2.05, 4.69) is 10.6 Å². The number of rotatable bonds is 8. The highest BCUT2D eigenvalue weighted by Gasteiger charge is 2.25. The number of nitrogens with zero attached hydrogens (tertiary/aromatic N) is 1. The quantitative estimate of drug-likeness (QED) is 0.632. The van der Waals surface area contributed by atoms with Crippen LogP contribution in [0.4, 0.5) is 4.79 Å². The van der Waals surface area contributed by atoms with Crippen LogP contribution in [0.25, 0.3) is 0 Å². The fourth-order valence-corrected chi connectivity index (χ4v) is 3.53. The average molecular weight is 450 g/mol. The monoisotopic (exact) mass is 449 g/mol. The molecule has 1 aliphatic heterocycles. The van der Waals surface area contributed by atoms with Crippen LogP contribution in [-0.4, -0.2) is 68.8 Å². The summed E-state index contributed by atoms with van der Waals surface area (Å²) in [6, 6.07) is 5.21. The van der Waals surface area contributed by atoms with E-state index in [0.717, 1.165) is 12.8 Å². The van der Waals surface area contributed by atoms with Gasteiger partial charge in [-0.05, 0) is 51.7 Å². The average Bonchev–Trinajstić information content (AvgIpc) is 2.75. The minimum absolute atomic E-state index is 0.00213. The molecule has 1 aromatic rings. The molecule has 3 amide bonds. The number of benzene rings is 1. The summed E-state index contributed by atoms with van der Waals surface area (Å²) >= 11 is 0. The van der Waals surface area contributed by atoms with E-state index in [1.807, 2.05) is 0 Å². The second kappa shape index (κ2) is 11.6. The third-order valence-corrected chi connectivity index (χ3v) is 5.18. The van der Waals surface area contributed by atoms with Gasteiger partial charge in [-0.3, -0.25) is 9.59 Å². The Hall–Kier alpha value is -2.97. The molecule has 32 heavy (non-hydrogen) atoms. The standard InChI is InChI=1S/C23H35N3O6/c1-23(2,3)32-22(29)24-12-9-19(27)26-13-10-16(11-14-26)15-25-21(28)20-17(30-4)7-6-8-18(20)31-5/h6-8,16H,9-15H2,1-5H3,(H,24,29)(H,25,28). The fourth-order valence-electron chi connectivity index (χ4n) is 3.53. The molecule has 1 saturated heterocycles. The summed E-state index contributed by atoms with van der Waals surface area (Å²) in [4.78, 5) is 38.6. The van der Waals surface area contributed by atoms with Gasteiger partial charge in [0.2, 0.25) is 5.91 Å². The van der Waals surface area contributed by atoms with Gasteiger partial charge in [-0.2, -0.15) is 0 Å². The lowest BCUT2D eigenvalue weighted by Crippen LogP contribution is -2.42. The first kappa shape index (κ1) is 25.3. The van der Waals surface area contributed by atoms with Gasteiger partial charge >= 0.3 is 6.09 Å². The van der Waals surface area contributed by atoms with Crippen molar-refractivity contribution >= 4 is 17.9 Å². The summed E-state index contributed by atoms with van der Waals surface area (Å²) in [6.07, 6.45) is 1.31. The molecule has 0 bridgehead atoms. The first-order valence-corrected chi connectivity index (χ1v) is 10.9. The highest BCUT2D eigenvalue weighted by molar-refractivity contribution is 5.99. The Morgan fingerprint density at radius 2 is 1.62 bits per heavy atom. The van der Waals surface area contributed by atoms with Gasteiger partial charge in [-0.25, -0.2) is 4.79 Å². The normalized spacial score (nSPS) is 14.5. The van der Waals surface area contributed by atoms with E-state index in [4.69, 9.17) is 14.2 Å². The Balaban J connectivity index is 1.74. The molecule has 2 N–H and O–H groups in total. The third kappa shape index (κ3) is 7.62. The van der Waals surface area contributed by atoms with Crippen LogP contribution < -0.4 is 20.1 Å². The Labute approximate surface area is 189 Å². The van der Waals surface area contributed by atoms with Gasteiger partial charge in [-0.15, -0.1) is 0 Å². The SMILES string of the molecule is COc1cccc(OC)c1C(=O)NCC1CCN(C(=O)CCNC(=O)OC(C)(C)C)CC1. The van der Waals surface area contributed by atoms with Crippen LogP contribution >= 0.6 is 0 Å². The first-order chi connectivity index (χ1) is 15.1. The summed E-state index contributed by atoms with van der Waals surface area (Å²) in [6.45, 7) is 7.38. The molecule has 1 aliphatic rings. The Morgan fingerprint density at radius 3 is 2.16 bits per heavy atom. The zero-order valence-electron chi connectivity index (χ0n) is 19.7. The second-order valence-electron chi connectivity index (χ2n) is 8.75. The van der Waals surface area contributed by atoms with Crippen LogP contribution in [0.1, 0.15) is 50.4 Å². The minimum atomic E-state index is -0.567. The van der Waals surface area contributed by atoms with Gasteiger partial charge in [0.1, 0.15) is 22.7 Å². The molecule has 1 fully saturated rings. The summed E-state index contributed by atoms with van der Waals surface area (Å²) < 4.78 is 15.7. The minimum Gasteiger partial charge on any atom is -0.496 e. The second-order valence-corrected chi connectivity index (χ2v) is 8.75. The Morgan fingerprint density at radius 1 is 1.03 bits per heavy atom. The highest BCUT2D eigenvalue weighted by atomic mass is 16.6. The van der Waals surface area contributed by atoms with Crippen LogP contribution in [0.3, 0.4) is 0 Å². The van der Waals surface area contributed by atoms with Crippen LogP contribution in [0, 0.1) is 5.92 Å². The van der Waals surface area contributed by atoms with Crippen molar-refractivity contribution in [3.05, 3.63) is 23.8 Å². The smallest absolute Gasteiger partial charge is 0.407 e. The molecule has 0 atom stereocenters. The van der Waals surface area contributed by atoms with Crippen molar-refractivity contribution in [3.63, 3.8) is 0 Å². The lowest BCUT2D eigenvalue weighted by atomic mass is 9.96. The molecule has 9 heteroatoms. The van der Waals surface area contributed by atoms with Crippen LogP contribution in [0.5, 0.6) is 11.5 Å². The Bertz CT molecular complexity index is 775. The lowest BCUT2D eigenvalue weighted by Gasteiger charge is -2.32. The van der Waals surface area contributed by atoms with E-state index >= 15 is 0 Å². The number of hydrogen-bond acceptors (Lipinski definition) is 6. The van der Waals surface area contributed by atoms with Crippen molar-refractivity contribution in [2.75, 3.05) is 40.4 Å². The third-order valence-electron chi connectivity index (χ3n) is 5.18. The molecular formula is C23H35N3O6. The van der Waals surface area contributed by atoms with Gasteiger partial charge in [0.15, 0.2) is 0 Å². The molecule has 178 valence electrons. The molecular weight excluding hydrogens is 414 g/mol. The van der Waals surface area contributed by atoms with Crippen molar-refractivity contribution in [1.82, 2.24) is 15.5 Å². The van der Waals surface area contributed by atoms with E-state index in [0.29, 0.717) is 36.7 Å². The number of alkyl carbamates (subject to hydrolysis) is 1. The van der Waals surface area contributed by atoms with Gasteiger partial charge < -0.3 is 29.7 Å². The molecule has 0 radical (unpaired) electrons. The molecule has 9 nitrogen and oxygen atoms in total. The summed E-state index contributed by atoms with van der Waals surface area (Å²) in [5.74, 6) is 0.960. The van der Waals surface area contributed by atoms with Gasteiger partial charge in [-0.1, -0.05) is 6.07 Å². The van der Waals surface area contributed by atoms with E-state index in [9.17, 15) is 14.4 Å². The van der Waals surface area contributed by atoms with Gasteiger partial charge in [0.25, 0.3) is 5.91 Å². The molecule has 1 heterocycles. The van der Waals surface area contributed by atoms with E-state index in [1.165, 1.54) is 14.2 Å². The van der Waals surface area contributed by atoms with Crippen molar-refractivity contribution in [3.8, 4) is 11.5 Å². The molecule has 0 aromatic heterocycles. The van der Waals surface area contributed by atoms with Crippen LogP contribution in [0.2, 0.25) is 0 Å². The summed E-state index contributed by atoms with van der Waals surface area (Å²) in [5.41, 5.74) is -0.190. The molecule has 0 unspecified atom stereocenters. The topological polar surface area (TPSA) is 106 Å². The van der Waals surface area contributed by atoms with Crippen LogP contribution in [0.15, 0.2) is 18.2 Å². The zero-order valence-corrected chi connectivity index (χ0v) is 19.7. The molecule has 0 saturated carbocycles. The van der Waals surface area contributed by atoms with Crippen LogP contribution in [-0.2, 0) is 9.53 Å². The maximum atomic E-state index is 12.7. The number of ether oxygens (including phenoxy) is 3. The van der Waals surface area contributed by atoms with Crippen molar-refractivity contribution in [2.24, 2.45) is 5.92 Å². The number of carbonyl (C=O) groups excluding carboxylic acids is 3. The van der Waals surface area contributed by atoms with Gasteiger partial charge in [0, 0.05) is 32.6 Å². The number of likely N-dealkylation sites (tertiary alicyclic amines) is 1. The van der Waals surface area contributed by atoms with Gasteiger partial charge in [0.05, 0.1) is 14.2 Å². The molecule has 2 rings (SSSR count). The Kier molecular flexibility index (Phi) is 9.16. The van der Waals surface area contributed by atoms with Crippen molar-refractivity contribution in [2.45, 2.75) is 45.6 Å². The highest BCUT2D eigenvalue weighted by Crippen LogP contribution is 2.28. The van der Waals surface area contributed by atoms with E-state index in [1.54, 1.807) is 43.9 Å². The number of methoxy groups -OCH3 is 2.